The molecule has 5 heteroatoms. The van der Waals surface area contributed by atoms with Gasteiger partial charge in [0.2, 0.25) is 5.91 Å². The summed E-state index contributed by atoms with van der Waals surface area (Å²) in [6.45, 7) is 13.2. The number of hydrogen-bond donors (Lipinski definition) is 1. The van der Waals surface area contributed by atoms with Crippen LogP contribution in [0.4, 0.5) is 0 Å². The first-order valence-corrected chi connectivity index (χ1v) is 11.6. The standard InChI is InChI=1S/C27H38N2O3/c1-7-25(27(31)28-16-19(2)3)29(17-22-10-8-21(6)9-11-22)26(30)18-32-24-14-12-23(13-15-24)20(4)5/h8-15,19-20,25H,7,16-18H2,1-6H3,(H,28,31). The third-order valence-electron chi connectivity index (χ3n) is 5.45. The second kappa shape index (κ2) is 12.3. The number of carbonyl (C=O) groups excluding carboxylic acids is 2. The molecule has 0 saturated heterocycles. The highest BCUT2D eigenvalue weighted by Gasteiger charge is 2.29. The molecular weight excluding hydrogens is 400 g/mol. The van der Waals surface area contributed by atoms with Gasteiger partial charge in [0.15, 0.2) is 6.61 Å². The fraction of sp³-hybridized carbons (Fsp3) is 0.481. The van der Waals surface area contributed by atoms with E-state index < -0.39 is 6.04 Å². The third-order valence-corrected chi connectivity index (χ3v) is 5.45. The summed E-state index contributed by atoms with van der Waals surface area (Å²) in [4.78, 5) is 27.8. The average molecular weight is 439 g/mol. The SMILES string of the molecule is CCC(C(=O)NCC(C)C)N(Cc1ccc(C)cc1)C(=O)COc1ccc(C(C)C)cc1. The molecule has 2 rings (SSSR count). The van der Waals surface area contributed by atoms with Crippen molar-refractivity contribution in [3.63, 3.8) is 0 Å². The summed E-state index contributed by atoms with van der Waals surface area (Å²) < 4.78 is 5.79. The number of hydrogen-bond acceptors (Lipinski definition) is 3. The normalized spacial score (nSPS) is 12.0. The Morgan fingerprint density at radius 3 is 2.12 bits per heavy atom. The van der Waals surface area contributed by atoms with E-state index in [9.17, 15) is 9.59 Å². The molecule has 5 nitrogen and oxygen atoms in total. The number of ether oxygens (including phenoxy) is 1. The largest absolute Gasteiger partial charge is 0.484 e. The molecule has 2 aromatic rings. The van der Waals surface area contributed by atoms with Gasteiger partial charge in [-0.25, -0.2) is 0 Å². The fourth-order valence-electron chi connectivity index (χ4n) is 3.41. The Kier molecular flexibility index (Phi) is 9.76. The van der Waals surface area contributed by atoms with Crippen LogP contribution in [0.15, 0.2) is 48.5 Å². The van der Waals surface area contributed by atoms with Crippen molar-refractivity contribution in [1.29, 1.82) is 0 Å². The van der Waals surface area contributed by atoms with Gasteiger partial charge in [0.25, 0.3) is 5.91 Å². The van der Waals surface area contributed by atoms with Crippen molar-refractivity contribution in [3.05, 3.63) is 65.2 Å². The summed E-state index contributed by atoms with van der Waals surface area (Å²) in [6, 6.07) is 15.3. The zero-order chi connectivity index (χ0) is 23.7. The van der Waals surface area contributed by atoms with E-state index in [1.165, 1.54) is 5.56 Å². The summed E-state index contributed by atoms with van der Waals surface area (Å²) in [5.41, 5.74) is 3.36. The zero-order valence-corrected chi connectivity index (χ0v) is 20.4. The summed E-state index contributed by atoms with van der Waals surface area (Å²) in [7, 11) is 0. The molecule has 0 spiro atoms. The van der Waals surface area contributed by atoms with Gasteiger partial charge in [-0.15, -0.1) is 0 Å². The first-order chi connectivity index (χ1) is 15.2. The molecule has 0 fully saturated rings. The van der Waals surface area contributed by atoms with Crippen LogP contribution in [0, 0.1) is 12.8 Å². The van der Waals surface area contributed by atoms with Crippen LogP contribution >= 0.6 is 0 Å². The fourth-order valence-corrected chi connectivity index (χ4v) is 3.41. The number of benzene rings is 2. The Morgan fingerprint density at radius 2 is 1.59 bits per heavy atom. The van der Waals surface area contributed by atoms with E-state index in [1.807, 2.05) is 62.4 Å². The van der Waals surface area contributed by atoms with Crippen molar-refractivity contribution in [2.45, 2.75) is 66.5 Å². The van der Waals surface area contributed by atoms with Crippen molar-refractivity contribution < 1.29 is 14.3 Å². The minimum Gasteiger partial charge on any atom is -0.484 e. The Hall–Kier alpha value is -2.82. The molecular formula is C27H38N2O3. The van der Waals surface area contributed by atoms with Crippen LogP contribution in [0.1, 0.15) is 63.6 Å². The topological polar surface area (TPSA) is 58.6 Å². The summed E-state index contributed by atoms with van der Waals surface area (Å²) >= 11 is 0. The second-order valence-corrected chi connectivity index (χ2v) is 9.08. The van der Waals surface area contributed by atoms with Crippen LogP contribution in [0.2, 0.25) is 0 Å². The molecule has 0 bridgehead atoms. The van der Waals surface area contributed by atoms with Crippen LogP contribution in [-0.4, -0.2) is 35.9 Å². The first-order valence-electron chi connectivity index (χ1n) is 11.6. The maximum atomic E-state index is 13.2. The van der Waals surface area contributed by atoms with Crippen LogP contribution in [0.25, 0.3) is 0 Å². The second-order valence-electron chi connectivity index (χ2n) is 9.08. The number of aryl methyl sites for hydroxylation is 1. The Morgan fingerprint density at radius 1 is 0.969 bits per heavy atom. The van der Waals surface area contributed by atoms with Gasteiger partial charge in [0.1, 0.15) is 11.8 Å². The first kappa shape index (κ1) is 25.4. The van der Waals surface area contributed by atoms with Crippen molar-refractivity contribution in [3.8, 4) is 5.75 Å². The van der Waals surface area contributed by atoms with Gasteiger partial charge in [-0.3, -0.25) is 9.59 Å². The Balaban J connectivity index is 2.16. The molecule has 2 amide bonds. The average Bonchev–Trinajstić information content (AvgIpc) is 2.77. The number of rotatable bonds is 11. The lowest BCUT2D eigenvalue weighted by Crippen LogP contribution is -2.50. The van der Waals surface area contributed by atoms with Gasteiger partial charge in [0.05, 0.1) is 0 Å². The van der Waals surface area contributed by atoms with Crippen molar-refractivity contribution in [1.82, 2.24) is 10.2 Å². The monoisotopic (exact) mass is 438 g/mol. The van der Waals surface area contributed by atoms with E-state index in [1.54, 1.807) is 4.90 Å². The lowest BCUT2D eigenvalue weighted by molar-refractivity contribution is -0.143. The van der Waals surface area contributed by atoms with Gasteiger partial charge in [-0.05, 0) is 48.4 Å². The van der Waals surface area contributed by atoms with Gasteiger partial charge in [-0.2, -0.15) is 0 Å². The van der Waals surface area contributed by atoms with Crippen LogP contribution in [0.3, 0.4) is 0 Å². The molecule has 32 heavy (non-hydrogen) atoms. The molecule has 1 atom stereocenters. The Labute approximate surface area is 193 Å². The maximum absolute atomic E-state index is 13.2. The van der Waals surface area contributed by atoms with E-state index in [0.29, 0.717) is 37.1 Å². The molecule has 1 N–H and O–H groups in total. The molecule has 0 aromatic heterocycles. The van der Waals surface area contributed by atoms with Gasteiger partial charge in [-0.1, -0.05) is 76.6 Å². The highest BCUT2D eigenvalue weighted by atomic mass is 16.5. The van der Waals surface area contributed by atoms with Crippen molar-refractivity contribution in [2.24, 2.45) is 5.92 Å². The predicted molar refractivity (Wildman–Crippen MR) is 130 cm³/mol. The minimum absolute atomic E-state index is 0.110. The highest BCUT2D eigenvalue weighted by Crippen LogP contribution is 2.19. The maximum Gasteiger partial charge on any atom is 0.261 e. The highest BCUT2D eigenvalue weighted by molar-refractivity contribution is 5.88. The van der Waals surface area contributed by atoms with Gasteiger partial charge in [0, 0.05) is 13.1 Å². The molecule has 0 radical (unpaired) electrons. The molecule has 174 valence electrons. The smallest absolute Gasteiger partial charge is 0.261 e. The van der Waals surface area contributed by atoms with Gasteiger partial charge < -0.3 is 15.0 Å². The van der Waals surface area contributed by atoms with Crippen LogP contribution in [-0.2, 0) is 16.1 Å². The molecule has 0 aliphatic heterocycles. The van der Waals surface area contributed by atoms with E-state index in [2.05, 4.69) is 33.0 Å². The molecule has 0 aliphatic carbocycles. The number of nitrogens with one attached hydrogen (secondary N) is 1. The summed E-state index contributed by atoms with van der Waals surface area (Å²) in [6.07, 6.45) is 0.532. The quantitative estimate of drug-likeness (QED) is 0.532. The number of nitrogens with zero attached hydrogens (tertiary/aromatic N) is 1. The summed E-state index contributed by atoms with van der Waals surface area (Å²) in [5.74, 6) is 1.10. The molecule has 1 unspecified atom stereocenters. The zero-order valence-electron chi connectivity index (χ0n) is 20.4. The third kappa shape index (κ3) is 7.70. The van der Waals surface area contributed by atoms with Gasteiger partial charge >= 0.3 is 0 Å². The molecule has 2 aromatic carbocycles. The predicted octanol–water partition coefficient (Wildman–Crippen LogP) is 5.08. The van der Waals surface area contributed by atoms with E-state index in [0.717, 1.165) is 11.1 Å². The Bertz CT molecular complexity index is 857. The lowest BCUT2D eigenvalue weighted by Gasteiger charge is -2.31. The van der Waals surface area contributed by atoms with E-state index >= 15 is 0 Å². The van der Waals surface area contributed by atoms with Crippen LogP contribution in [0.5, 0.6) is 5.75 Å². The molecule has 0 saturated carbocycles. The molecule has 0 heterocycles. The minimum atomic E-state index is -0.547. The number of carbonyl (C=O) groups is 2. The lowest BCUT2D eigenvalue weighted by atomic mass is 10.0. The molecule has 0 aliphatic rings. The van der Waals surface area contributed by atoms with Crippen molar-refractivity contribution >= 4 is 11.8 Å². The number of amides is 2. The van der Waals surface area contributed by atoms with E-state index in [4.69, 9.17) is 4.74 Å². The van der Waals surface area contributed by atoms with Crippen LogP contribution < -0.4 is 10.1 Å². The van der Waals surface area contributed by atoms with Crippen molar-refractivity contribution in [2.75, 3.05) is 13.2 Å². The summed E-state index contributed by atoms with van der Waals surface area (Å²) in [5, 5.41) is 2.98. The van der Waals surface area contributed by atoms with E-state index in [-0.39, 0.29) is 18.4 Å².